The summed E-state index contributed by atoms with van der Waals surface area (Å²) in [6, 6.07) is 7.12. The van der Waals surface area contributed by atoms with Gasteiger partial charge >= 0.3 is 0 Å². The number of hydrogen-bond acceptors (Lipinski definition) is 2. The van der Waals surface area contributed by atoms with Gasteiger partial charge in [-0.3, -0.25) is 9.89 Å². The van der Waals surface area contributed by atoms with Crippen LogP contribution in [-0.4, -0.2) is 55.0 Å². The van der Waals surface area contributed by atoms with Crippen LogP contribution in [0, 0.1) is 11.7 Å². The lowest BCUT2D eigenvalue weighted by atomic mass is 9.96. The summed E-state index contributed by atoms with van der Waals surface area (Å²) in [6.07, 6.45) is 4.85. The number of guanidine groups is 1. The fourth-order valence-corrected chi connectivity index (χ4v) is 3.76. The average Bonchev–Trinajstić information content (AvgIpc) is 3.16. The minimum Gasteiger partial charge on any atom is -0.357 e. The maximum absolute atomic E-state index is 13.8. The molecule has 0 bridgehead atoms. The predicted molar refractivity (Wildman–Crippen MR) is 101 cm³/mol. The van der Waals surface area contributed by atoms with E-state index in [4.69, 9.17) is 4.99 Å². The van der Waals surface area contributed by atoms with Crippen LogP contribution in [0.4, 0.5) is 4.39 Å². The number of nitrogens with zero attached hydrogens (tertiary/aromatic N) is 3. The van der Waals surface area contributed by atoms with Gasteiger partial charge in [0.2, 0.25) is 0 Å². The van der Waals surface area contributed by atoms with Gasteiger partial charge < -0.3 is 10.2 Å². The standard InChI is InChI=1S/C20H31FN4/c1-2-22-20(25-11-5-6-12-25)23-15-17-9-13-24(14-10-17)16-18-7-3-4-8-19(18)21/h3-4,7-8,17H,2,5-6,9-16H2,1H3,(H,22,23). The summed E-state index contributed by atoms with van der Waals surface area (Å²) in [7, 11) is 0. The number of nitrogens with one attached hydrogen (secondary N) is 1. The van der Waals surface area contributed by atoms with Crippen LogP contribution in [0.5, 0.6) is 0 Å². The van der Waals surface area contributed by atoms with E-state index in [1.807, 2.05) is 12.1 Å². The van der Waals surface area contributed by atoms with E-state index in [2.05, 4.69) is 22.0 Å². The van der Waals surface area contributed by atoms with Gasteiger partial charge in [0.1, 0.15) is 5.82 Å². The van der Waals surface area contributed by atoms with Crippen molar-refractivity contribution in [3.8, 4) is 0 Å². The van der Waals surface area contributed by atoms with Gasteiger partial charge in [0.15, 0.2) is 5.96 Å². The molecule has 1 aromatic rings. The zero-order valence-electron chi connectivity index (χ0n) is 15.4. The minimum absolute atomic E-state index is 0.0879. The molecule has 0 atom stereocenters. The topological polar surface area (TPSA) is 30.9 Å². The van der Waals surface area contributed by atoms with E-state index in [1.165, 1.54) is 12.8 Å². The van der Waals surface area contributed by atoms with Crippen LogP contribution in [0.1, 0.15) is 38.2 Å². The lowest BCUT2D eigenvalue weighted by molar-refractivity contribution is 0.178. The highest BCUT2D eigenvalue weighted by molar-refractivity contribution is 5.80. The van der Waals surface area contributed by atoms with Gasteiger partial charge in [-0.15, -0.1) is 0 Å². The van der Waals surface area contributed by atoms with E-state index in [9.17, 15) is 4.39 Å². The molecular formula is C20H31FN4. The summed E-state index contributed by atoms with van der Waals surface area (Å²) in [4.78, 5) is 9.65. The molecule has 2 aliphatic rings. The third-order valence-corrected chi connectivity index (χ3v) is 5.30. The SMILES string of the molecule is CCNC(=NCC1CCN(Cc2ccccc2F)CC1)N1CCCC1. The first-order valence-electron chi connectivity index (χ1n) is 9.75. The van der Waals surface area contributed by atoms with Gasteiger partial charge in [-0.2, -0.15) is 0 Å². The highest BCUT2D eigenvalue weighted by atomic mass is 19.1. The molecular weight excluding hydrogens is 315 g/mol. The number of halogens is 1. The van der Waals surface area contributed by atoms with Gasteiger partial charge in [0.05, 0.1) is 0 Å². The second-order valence-corrected chi connectivity index (χ2v) is 7.20. The Kier molecular flexibility index (Phi) is 6.68. The average molecular weight is 346 g/mol. The zero-order valence-corrected chi connectivity index (χ0v) is 15.4. The summed E-state index contributed by atoms with van der Waals surface area (Å²) in [5.74, 6) is 1.65. The molecule has 25 heavy (non-hydrogen) atoms. The molecule has 1 aromatic carbocycles. The normalized spacial score (nSPS) is 20.2. The van der Waals surface area contributed by atoms with Crippen LogP contribution in [0.15, 0.2) is 29.3 Å². The minimum atomic E-state index is -0.0879. The van der Waals surface area contributed by atoms with E-state index in [0.717, 1.165) is 70.2 Å². The monoisotopic (exact) mass is 346 g/mol. The molecule has 0 unspecified atom stereocenters. The highest BCUT2D eigenvalue weighted by Gasteiger charge is 2.21. The molecule has 3 rings (SSSR count). The Hall–Kier alpha value is -1.62. The Bertz CT molecular complexity index is 561. The molecule has 0 aliphatic carbocycles. The number of hydrogen-bond donors (Lipinski definition) is 1. The Balaban J connectivity index is 1.47. The summed E-state index contributed by atoms with van der Waals surface area (Å²) >= 11 is 0. The van der Waals surface area contributed by atoms with Crippen LogP contribution in [-0.2, 0) is 6.54 Å². The largest absolute Gasteiger partial charge is 0.357 e. The van der Waals surface area contributed by atoms with Crippen LogP contribution in [0.25, 0.3) is 0 Å². The van der Waals surface area contributed by atoms with E-state index in [1.54, 1.807) is 12.1 Å². The summed E-state index contributed by atoms with van der Waals surface area (Å²) in [6.45, 7) is 9.03. The fourth-order valence-electron chi connectivity index (χ4n) is 3.76. The van der Waals surface area contributed by atoms with Gasteiger partial charge in [-0.1, -0.05) is 18.2 Å². The lowest BCUT2D eigenvalue weighted by Gasteiger charge is -2.31. The van der Waals surface area contributed by atoms with Gasteiger partial charge in [-0.25, -0.2) is 4.39 Å². The molecule has 4 nitrogen and oxygen atoms in total. The van der Waals surface area contributed by atoms with Crippen LogP contribution in [0.3, 0.4) is 0 Å². The summed E-state index contributed by atoms with van der Waals surface area (Å²) in [5.41, 5.74) is 0.808. The molecule has 138 valence electrons. The smallest absolute Gasteiger partial charge is 0.193 e. The van der Waals surface area contributed by atoms with Crippen molar-refractivity contribution in [3.63, 3.8) is 0 Å². The third-order valence-electron chi connectivity index (χ3n) is 5.30. The van der Waals surface area contributed by atoms with E-state index in [0.29, 0.717) is 5.92 Å². The van der Waals surface area contributed by atoms with Gasteiger partial charge in [0.25, 0.3) is 0 Å². The van der Waals surface area contributed by atoms with Crippen LogP contribution in [0.2, 0.25) is 0 Å². The summed E-state index contributed by atoms with van der Waals surface area (Å²) in [5, 5.41) is 3.44. The maximum Gasteiger partial charge on any atom is 0.193 e. The first kappa shape index (κ1) is 18.2. The van der Waals surface area contributed by atoms with Crippen LogP contribution >= 0.6 is 0 Å². The van der Waals surface area contributed by atoms with Crippen molar-refractivity contribution in [2.24, 2.45) is 10.9 Å². The van der Waals surface area contributed by atoms with E-state index >= 15 is 0 Å². The Morgan fingerprint density at radius 1 is 1.16 bits per heavy atom. The Labute approximate surface area is 151 Å². The lowest BCUT2D eigenvalue weighted by Crippen LogP contribution is -2.40. The molecule has 2 saturated heterocycles. The molecule has 0 saturated carbocycles. The van der Waals surface area contributed by atoms with Crippen molar-refractivity contribution in [1.29, 1.82) is 0 Å². The molecule has 0 radical (unpaired) electrons. The third kappa shape index (κ3) is 5.18. The molecule has 2 heterocycles. The van der Waals surface area contributed by atoms with Crippen molar-refractivity contribution in [2.75, 3.05) is 39.3 Å². The number of aliphatic imine (C=N–C) groups is 1. The molecule has 0 amide bonds. The van der Waals surface area contributed by atoms with Crippen LogP contribution < -0.4 is 5.32 Å². The quantitative estimate of drug-likeness (QED) is 0.656. The summed E-state index contributed by atoms with van der Waals surface area (Å²) < 4.78 is 13.8. The molecule has 0 spiro atoms. The molecule has 5 heteroatoms. The van der Waals surface area contributed by atoms with E-state index < -0.39 is 0 Å². The second kappa shape index (κ2) is 9.18. The van der Waals surface area contributed by atoms with E-state index in [-0.39, 0.29) is 5.82 Å². The maximum atomic E-state index is 13.8. The van der Waals surface area contributed by atoms with Crippen molar-refractivity contribution in [2.45, 2.75) is 39.2 Å². The zero-order chi connectivity index (χ0) is 17.5. The first-order chi connectivity index (χ1) is 12.3. The highest BCUT2D eigenvalue weighted by Crippen LogP contribution is 2.20. The van der Waals surface area contributed by atoms with Crippen molar-refractivity contribution in [1.82, 2.24) is 15.1 Å². The molecule has 0 aromatic heterocycles. The Morgan fingerprint density at radius 2 is 1.88 bits per heavy atom. The van der Waals surface area contributed by atoms with Gasteiger partial charge in [-0.05, 0) is 57.7 Å². The second-order valence-electron chi connectivity index (χ2n) is 7.20. The molecule has 2 aliphatic heterocycles. The van der Waals surface area contributed by atoms with Crippen molar-refractivity contribution < 1.29 is 4.39 Å². The molecule has 2 fully saturated rings. The predicted octanol–water partition coefficient (Wildman–Crippen LogP) is 3.10. The number of benzene rings is 1. The molecule has 1 N–H and O–H groups in total. The number of rotatable bonds is 5. The van der Waals surface area contributed by atoms with Crippen molar-refractivity contribution >= 4 is 5.96 Å². The number of piperidine rings is 1. The van der Waals surface area contributed by atoms with Gasteiger partial charge in [0, 0.05) is 38.3 Å². The Morgan fingerprint density at radius 3 is 2.56 bits per heavy atom. The number of likely N-dealkylation sites (tertiary alicyclic amines) is 2. The van der Waals surface area contributed by atoms with Crippen molar-refractivity contribution in [3.05, 3.63) is 35.6 Å². The fraction of sp³-hybridized carbons (Fsp3) is 0.650. The first-order valence-corrected chi connectivity index (χ1v) is 9.75.